The molecule has 0 atom stereocenters. The number of imidazole rings is 1. The number of carboxylic acids is 1. The van der Waals surface area contributed by atoms with Gasteiger partial charge in [-0.3, -0.25) is 14.6 Å². The summed E-state index contributed by atoms with van der Waals surface area (Å²) in [6.45, 7) is -0.369. The molecule has 0 saturated carbocycles. The molecule has 0 radical (unpaired) electrons. The summed E-state index contributed by atoms with van der Waals surface area (Å²) in [6, 6.07) is 12.4. The highest BCUT2D eigenvalue weighted by atomic mass is 16.5. The number of benzene rings is 1. The summed E-state index contributed by atoms with van der Waals surface area (Å²) >= 11 is 0. The fourth-order valence-corrected chi connectivity index (χ4v) is 2.58. The van der Waals surface area contributed by atoms with E-state index in [0.717, 1.165) is 0 Å². The van der Waals surface area contributed by atoms with Gasteiger partial charge in [0.15, 0.2) is 11.2 Å². The van der Waals surface area contributed by atoms with Crippen molar-refractivity contribution >= 4 is 28.8 Å². The van der Waals surface area contributed by atoms with Gasteiger partial charge in [-0.15, -0.1) is 0 Å². The summed E-state index contributed by atoms with van der Waals surface area (Å²) in [7, 11) is 0. The number of pyridine rings is 1. The normalized spacial score (nSPS) is 10.7. The highest BCUT2D eigenvalue weighted by Crippen LogP contribution is 2.22. The van der Waals surface area contributed by atoms with Crippen LogP contribution in [-0.2, 0) is 11.3 Å². The molecule has 3 heterocycles. The minimum absolute atomic E-state index is 0.104. The van der Waals surface area contributed by atoms with Crippen molar-refractivity contribution in [2.75, 3.05) is 5.32 Å². The van der Waals surface area contributed by atoms with E-state index in [-0.39, 0.29) is 23.7 Å². The number of H-pyrrole nitrogens is 1. The second-order valence-corrected chi connectivity index (χ2v) is 5.77. The standard InChI is InChI=1S/C18H14N6O4/c25-14(26)9-24-10-20-16-15(24)17(27)23-18(22-16)21-11-4-6-12(7-5-11)28-13-3-1-2-8-19-13/h1-8,10H,9H2,(H,25,26)(H2,21,22,23,27). The van der Waals surface area contributed by atoms with Crippen LogP contribution in [0.3, 0.4) is 0 Å². The van der Waals surface area contributed by atoms with Gasteiger partial charge in [-0.05, 0) is 30.3 Å². The van der Waals surface area contributed by atoms with Gasteiger partial charge in [-0.2, -0.15) is 4.98 Å². The SMILES string of the molecule is O=C(O)Cn1cnc2nc(Nc3ccc(Oc4ccccn4)cc3)[nH]c(=O)c21. The van der Waals surface area contributed by atoms with E-state index in [0.29, 0.717) is 17.3 Å². The Morgan fingerprint density at radius 2 is 2.00 bits per heavy atom. The molecule has 0 amide bonds. The smallest absolute Gasteiger partial charge is 0.323 e. The van der Waals surface area contributed by atoms with Gasteiger partial charge in [0.1, 0.15) is 12.3 Å². The number of aliphatic carboxylic acids is 1. The van der Waals surface area contributed by atoms with Gasteiger partial charge >= 0.3 is 5.97 Å². The lowest BCUT2D eigenvalue weighted by Gasteiger charge is -2.08. The van der Waals surface area contributed by atoms with E-state index in [1.54, 1.807) is 42.6 Å². The molecule has 10 nitrogen and oxygen atoms in total. The average molecular weight is 378 g/mol. The van der Waals surface area contributed by atoms with Crippen LogP contribution in [0.2, 0.25) is 0 Å². The summed E-state index contributed by atoms with van der Waals surface area (Å²) < 4.78 is 6.85. The fourth-order valence-electron chi connectivity index (χ4n) is 2.58. The van der Waals surface area contributed by atoms with Crippen molar-refractivity contribution < 1.29 is 14.6 Å². The van der Waals surface area contributed by atoms with Crippen LogP contribution in [0.1, 0.15) is 0 Å². The van der Waals surface area contributed by atoms with Gasteiger partial charge in [0.05, 0.1) is 6.33 Å². The Morgan fingerprint density at radius 3 is 2.71 bits per heavy atom. The molecule has 0 spiro atoms. The first-order valence-corrected chi connectivity index (χ1v) is 8.21. The van der Waals surface area contributed by atoms with E-state index in [9.17, 15) is 9.59 Å². The van der Waals surface area contributed by atoms with Crippen LogP contribution in [0.5, 0.6) is 11.6 Å². The predicted octanol–water partition coefficient (Wildman–Crippen LogP) is 2.14. The van der Waals surface area contributed by atoms with Gasteiger partial charge in [-0.25, -0.2) is 9.97 Å². The molecule has 0 unspecified atom stereocenters. The summed E-state index contributed by atoms with van der Waals surface area (Å²) in [5, 5.41) is 11.9. The third-order valence-corrected chi connectivity index (χ3v) is 3.77. The quantitative estimate of drug-likeness (QED) is 0.464. The van der Waals surface area contributed by atoms with Crippen molar-refractivity contribution in [3.63, 3.8) is 0 Å². The van der Waals surface area contributed by atoms with E-state index in [4.69, 9.17) is 9.84 Å². The van der Waals surface area contributed by atoms with Crippen LogP contribution in [0, 0.1) is 0 Å². The van der Waals surface area contributed by atoms with E-state index >= 15 is 0 Å². The monoisotopic (exact) mass is 378 g/mol. The first-order valence-electron chi connectivity index (χ1n) is 8.21. The zero-order valence-electron chi connectivity index (χ0n) is 14.4. The maximum Gasteiger partial charge on any atom is 0.323 e. The molecule has 3 aromatic heterocycles. The molecule has 140 valence electrons. The highest BCUT2D eigenvalue weighted by Gasteiger charge is 2.12. The van der Waals surface area contributed by atoms with Crippen LogP contribution in [-0.4, -0.2) is 35.6 Å². The molecule has 4 rings (SSSR count). The topological polar surface area (TPSA) is 135 Å². The number of hydrogen-bond acceptors (Lipinski definition) is 7. The Kier molecular flexibility index (Phi) is 4.42. The van der Waals surface area contributed by atoms with Crippen LogP contribution in [0.25, 0.3) is 11.2 Å². The lowest BCUT2D eigenvalue weighted by atomic mass is 10.3. The molecule has 0 aliphatic carbocycles. The average Bonchev–Trinajstić information content (AvgIpc) is 3.07. The van der Waals surface area contributed by atoms with E-state index in [2.05, 4.69) is 25.3 Å². The zero-order valence-corrected chi connectivity index (χ0v) is 14.4. The second kappa shape index (κ2) is 7.19. The maximum atomic E-state index is 12.3. The predicted molar refractivity (Wildman–Crippen MR) is 99.8 cm³/mol. The molecule has 28 heavy (non-hydrogen) atoms. The van der Waals surface area contributed by atoms with Crippen molar-refractivity contribution in [3.05, 3.63) is 65.3 Å². The minimum Gasteiger partial charge on any atom is -0.480 e. The van der Waals surface area contributed by atoms with Crippen molar-refractivity contribution in [1.29, 1.82) is 0 Å². The Bertz CT molecular complexity index is 1180. The molecule has 0 bridgehead atoms. The Labute approximate surface area is 157 Å². The molecular formula is C18H14N6O4. The molecule has 0 fully saturated rings. The summed E-state index contributed by atoms with van der Waals surface area (Å²) in [5.74, 6) is 0.204. The van der Waals surface area contributed by atoms with Gasteiger partial charge < -0.3 is 19.7 Å². The minimum atomic E-state index is -1.08. The first-order chi connectivity index (χ1) is 13.6. The van der Waals surface area contributed by atoms with Crippen molar-refractivity contribution in [2.45, 2.75) is 6.54 Å². The van der Waals surface area contributed by atoms with Crippen molar-refractivity contribution in [2.24, 2.45) is 0 Å². The lowest BCUT2D eigenvalue weighted by Crippen LogP contribution is -2.16. The van der Waals surface area contributed by atoms with Crippen LogP contribution < -0.4 is 15.6 Å². The number of carboxylic acid groups (broad SMARTS) is 1. The fraction of sp³-hybridized carbons (Fsp3) is 0.0556. The molecular weight excluding hydrogens is 364 g/mol. The first kappa shape index (κ1) is 17.2. The molecule has 0 saturated heterocycles. The number of carbonyl (C=O) groups is 1. The van der Waals surface area contributed by atoms with Gasteiger partial charge in [0, 0.05) is 18.0 Å². The largest absolute Gasteiger partial charge is 0.480 e. The number of nitrogens with zero attached hydrogens (tertiary/aromatic N) is 4. The lowest BCUT2D eigenvalue weighted by molar-refractivity contribution is -0.137. The Morgan fingerprint density at radius 1 is 1.18 bits per heavy atom. The van der Waals surface area contributed by atoms with Crippen molar-refractivity contribution in [3.8, 4) is 11.6 Å². The summed E-state index contributed by atoms with van der Waals surface area (Å²) in [4.78, 5) is 38.0. The number of nitrogens with one attached hydrogen (secondary N) is 2. The molecule has 0 aliphatic rings. The van der Waals surface area contributed by atoms with Crippen molar-refractivity contribution in [1.82, 2.24) is 24.5 Å². The number of ether oxygens (including phenoxy) is 1. The molecule has 4 aromatic rings. The van der Waals surface area contributed by atoms with Gasteiger partial charge in [-0.1, -0.05) is 6.07 Å². The number of aromatic nitrogens is 5. The number of rotatable bonds is 6. The number of hydrogen-bond donors (Lipinski definition) is 3. The summed E-state index contributed by atoms with van der Waals surface area (Å²) in [5.41, 5.74) is 0.442. The summed E-state index contributed by atoms with van der Waals surface area (Å²) in [6.07, 6.45) is 2.91. The van der Waals surface area contributed by atoms with Gasteiger partial charge in [0.2, 0.25) is 11.8 Å². The Balaban J connectivity index is 1.53. The molecule has 1 aromatic carbocycles. The third kappa shape index (κ3) is 3.65. The molecule has 0 aliphatic heterocycles. The molecule has 3 N–H and O–H groups in total. The number of aromatic amines is 1. The maximum absolute atomic E-state index is 12.3. The molecule has 10 heteroatoms. The zero-order chi connectivity index (χ0) is 19.5. The van der Waals surface area contributed by atoms with Crippen LogP contribution in [0.4, 0.5) is 11.6 Å². The van der Waals surface area contributed by atoms with Crippen LogP contribution in [0.15, 0.2) is 59.8 Å². The van der Waals surface area contributed by atoms with Gasteiger partial charge in [0.25, 0.3) is 5.56 Å². The van der Waals surface area contributed by atoms with E-state index < -0.39 is 11.5 Å². The Hall–Kier alpha value is -4.21. The number of fused-ring (bicyclic) bond motifs is 1. The van der Waals surface area contributed by atoms with E-state index in [1.165, 1.54) is 10.9 Å². The third-order valence-electron chi connectivity index (χ3n) is 3.77. The number of anilines is 2. The second-order valence-electron chi connectivity index (χ2n) is 5.77. The van der Waals surface area contributed by atoms with E-state index in [1.807, 2.05) is 6.07 Å². The highest BCUT2D eigenvalue weighted by molar-refractivity contribution is 5.75. The van der Waals surface area contributed by atoms with Crippen LogP contribution >= 0.6 is 0 Å².